The Balaban J connectivity index is 1.50. The molecule has 4 aliphatic carbocycles. The Bertz CT molecular complexity index is 569. The van der Waals surface area contributed by atoms with Crippen LogP contribution < -0.4 is 0 Å². The molecule has 0 aliphatic heterocycles. The lowest BCUT2D eigenvalue weighted by Gasteiger charge is -2.62. The average molecular weight is 405 g/mol. The van der Waals surface area contributed by atoms with E-state index in [-0.39, 0.29) is 5.41 Å². The van der Waals surface area contributed by atoms with Crippen LogP contribution in [0.4, 0.5) is 0 Å². The van der Waals surface area contributed by atoms with Gasteiger partial charge in [0.1, 0.15) is 0 Å². The smallest absolute Gasteiger partial charge is 0.0857 e. The molecule has 0 saturated heterocycles. The van der Waals surface area contributed by atoms with E-state index in [0.717, 1.165) is 42.4 Å². The van der Waals surface area contributed by atoms with E-state index in [1.807, 2.05) is 0 Å². The van der Waals surface area contributed by atoms with E-state index < -0.39 is 12.2 Å². The predicted octanol–water partition coefficient (Wildman–Crippen LogP) is 6.44. The van der Waals surface area contributed by atoms with E-state index in [2.05, 4.69) is 34.6 Å². The molecule has 0 heterocycles. The minimum absolute atomic E-state index is 0.0527. The molecule has 4 rings (SSSR count). The highest BCUT2D eigenvalue weighted by Crippen LogP contribution is 2.68. The van der Waals surface area contributed by atoms with Gasteiger partial charge in [0.2, 0.25) is 0 Å². The number of rotatable bonds is 5. The van der Waals surface area contributed by atoms with Crippen molar-refractivity contribution < 1.29 is 10.2 Å². The first kappa shape index (κ1) is 22.1. The fraction of sp³-hybridized carbons (Fsp3) is 1.00. The molecule has 10 atom stereocenters. The minimum Gasteiger partial charge on any atom is -0.390 e. The van der Waals surface area contributed by atoms with Crippen LogP contribution in [0, 0.1) is 52.3 Å². The summed E-state index contributed by atoms with van der Waals surface area (Å²) in [6, 6.07) is 0. The van der Waals surface area contributed by atoms with E-state index in [0.29, 0.717) is 17.3 Å². The summed E-state index contributed by atoms with van der Waals surface area (Å²) in [7, 11) is 0. The normalized spacial score (nSPS) is 50.7. The summed E-state index contributed by atoms with van der Waals surface area (Å²) in [5, 5.41) is 21.6. The van der Waals surface area contributed by atoms with Crippen molar-refractivity contribution in [1.29, 1.82) is 0 Å². The number of aliphatic hydroxyl groups excluding tert-OH is 2. The number of aliphatic hydroxyl groups is 2. The Morgan fingerprint density at radius 3 is 2.28 bits per heavy atom. The Morgan fingerprint density at radius 2 is 1.55 bits per heavy atom. The van der Waals surface area contributed by atoms with Gasteiger partial charge >= 0.3 is 0 Å². The summed E-state index contributed by atoms with van der Waals surface area (Å²) in [6.07, 6.45) is 13.2. The highest BCUT2D eigenvalue weighted by molar-refractivity contribution is 5.12. The van der Waals surface area contributed by atoms with Crippen LogP contribution in [0.15, 0.2) is 0 Å². The van der Waals surface area contributed by atoms with Gasteiger partial charge in [-0.05, 0) is 98.2 Å². The molecule has 2 N–H and O–H groups in total. The monoisotopic (exact) mass is 404 g/mol. The number of hydrogen-bond acceptors (Lipinski definition) is 2. The lowest BCUT2D eigenvalue weighted by atomic mass is 9.43. The van der Waals surface area contributed by atoms with Gasteiger partial charge in [-0.15, -0.1) is 0 Å². The SMILES string of the molecule is CC(C)CCC[C@@H](C)C1CCC2C3CC[C@H]4CC[C@H](O)C(O)C4(C)C3CCC21C. The zero-order valence-electron chi connectivity index (χ0n) is 19.9. The van der Waals surface area contributed by atoms with Crippen molar-refractivity contribution in [2.75, 3.05) is 0 Å². The fourth-order valence-electron chi connectivity index (χ4n) is 9.35. The van der Waals surface area contributed by atoms with Gasteiger partial charge in [-0.3, -0.25) is 0 Å². The molecule has 2 heteroatoms. The molecule has 0 aromatic rings. The highest BCUT2D eigenvalue weighted by Gasteiger charge is 2.62. The second-order valence-electron chi connectivity index (χ2n) is 12.6. The molecule has 4 saturated carbocycles. The molecule has 2 nitrogen and oxygen atoms in total. The van der Waals surface area contributed by atoms with Crippen LogP contribution in [0.5, 0.6) is 0 Å². The molecule has 0 bridgehead atoms. The summed E-state index contributed by atoms with van der Waals surface area (Å²) in [6.45, 7) is 12.2. The predicted molar refractivity (Wildman–Crippen MR) is 120 cm³/mol. The molecular formula is C27H48O2. The summed E-state index contributed by atoms with van der Waals surface area (Å²) in [4.78, 5) is 0. The quantitative estimate of drug-likeness (QED) is 0.553. The molecule has 4 aliphatic rings. The van der Waals surface area contributed by atoms with Gasteiger partial charge in [0.15, 0.2) is 0 Å². The molecule has 0 aromatic heterocycles. The summed E-state index contributed by atoms with van der Waals surface area (Å²) >= 11 is 0. The van der Waals surface area contributed by atoms with Gasteiger partial charge in [-0.1, -0.05) is 53.9 Å². The van der Waals surface area contributed by atoms with Crippen LogP contribution in [-0.4, -0.2) is 22.4 Å². The molecule has 4 fully saturated rings. The van der Waals surface area contributed by atoms with Crippen LogP contribution in [0.2, 0.25) is 0 Å². The maximum atomic E-state index is 11.1. The molecule has 29 heavy (non-hydrogen) atoms. The van der Waals surface area contributed by atoms with Crippen LogP contribution in [0.1, 0.15) is 105 Å². The van der Waals surface area contributed by atoms with Crippen molar-refractivity contribution in [3.8, 4) is 0 Å². The van der Waals surface area contributed by atoms with E-state index in [4.69, 9.17) is 0 Å². The van der Waals surface area contributed by atoms with E-state index in [9.17, 15) is 10.2 Å². The van der Waals surface area contributed by atoms with Crippen LogP contribution >= 0.6 is 0 Å². The summed E-state index contributed by atoms with van der Waals surface area (Å²) in [5.41, 5.74) is 0.461. The summed E-state index contributed by atoms with van der Waals surface area (Å²) < 4.78 is 0. The third kappa shape index (κ3) is 3.53. The van der Waals surface area contributed by atoms with Crippen LogP contribution in [-0.2, 0) is 0 Å². The van der Waals surface area contributed by atoms with Crippen molar-refractivity contribution in [2.45, 2.75) is 117 Å². The minimum atomic E-state index is -0.509. The number of fused-ring (bicyclic) bond motifs is 5. The van der Waals surface area contributed by atoms with Gasteiger partial charge < -0.3 is 10.2 Å². The molecule has 168 valence electrons. The van der Waals surface area contributed by atoms with Crippen molar-refractivity contribution in [2.24, 2.45) is 52.3 Å². The Labute approximate surface area is 180 Å². The second kappa shape index (κ2) is 8.12. The largest absolute Gasteiger partial charge is 0.390 e. The van der Waals surface area contributed by atoms with E-state index in [1.54, 1.807) is 0 Å². The zero-order chi connectivity index (χ0) is 21.0. The van der Waals surface area contributed by atoms with Gasteiger partial charge in [0.25, 0.3) is 0 Å². The Hall–Kier alpha value is -0.0800. The first-order chi connectivity index (χ1) is 13.7. The Morgan fingerprint density at radius 1 is 0.828 bits per heavy atom. The van der Waals surface area contributed by atoms with Gasteiger partial charge in [0.05, 0.1) is 12.2 Å². The first-order valence-corrected chi connectivity index (χ1v) is 13.1. The van der Waals surface area contributed by atoms with Crippen molar-refractivity contribution in [3.63, 3.8) is 0 Å². The van der Waals surface area contributed by atoms with Gasteiger partial charge in [0, 0.05) is 5.41 Å². The number of hydrogen-bond donors (Lipinski definition) is 2. The third-order valence-corrected chi connectivity index (χ3v) is 11.0. The molecule has 0 aromatic carbocycles. The molecule has 0 radical (unpaired) electrons. The first-order valence-electron chi connectivity index (χ1n) is 13.1. The van der Waals surface area contributed by atoms with E-state index >= 15 is 0 Å². The summed E-state index contributed by atoms with van der Waals surface area (Å²) in [5.74, 6) is 5.46. The van der Waals surface area contributed by atoms with Crippen LogP contribution in [0.3, 0.4) is 0 Å². The topological polar surface area (TPSA) is 40.5 Å². The standard InChI is InChI=1S/C27H48O2/c1-17(2)7-6-8-18(3)21-12-13-22-20-11-9-19-10-14-24(28)25(29)27(19,5)23(20)15-16-26(21,22)4/h17-25,28-29H,6-16H2,1-5H3/t18-,19+,20?,21?,22?,23?,24+,25?,26?,27?/m1/s1. The third-order valence-electron chi connectivity index (χ3n) is 11.0. The zero-order valence-corrected chi connectivity index (χ0v) is 19.9. The molecule has 0 amide bonds. The van der Waals surface area contributed by atoms with Gasteiger partial charge in [-0.2, -0.15) is 0 Å². The maximum Gasteiger partial charge on any atom is 0.0857 e. The van der Waals surface area contributed by atoms with Crippen LogP contribution in [0.25, 0.3) is 0 Å². The maximum absolute atomic E-state index is 11.1. The second-order valence-corrected chi connectivity index (χ2v) is 12.6. The molecule has 0 spiro atoms. The lowest BCUT2D eigenvalue weighted by molar-refractivity contribution is -0.196. The molecule has 7 unspecified atom stereocenters. The van der Waals surface area contributed by atoms with Gasteiger partial charge in [-0.25, -0.2) is 0 Å². The fourth-order valence-corrected chi connectivity index (χ4v) is 9.35. The molecular weight excluding hydrogens is 356 g/mol. The van der Waals surface area contributed by atoms with Crippen molar-refractivity contribution in [1.82, 2.24) is 0 Å². The van der Waals surface area contributed by atoms with E-state index in [1.165, 1.54) is 57.8 Å². The highest BCUT2D eigenvalue weighted by atomic mass is 16.3. The van der Waals surface area contributed by atoms with Crippen molar-refractivity contribution in [3.05, 3.63) is 0 Å². The Kier molecular flexibility index (Phi) is 6.19. The van der Waals surface area contributed by atoms with Crippen molar-refractivity contribution >= 4 is 0 Å². The lowest BCUT2D eigenvalue weighted by Crippen LogP contribution is -2.60. The average Bonchev–Trinajstić information content (AvgIpc) is 3.02.